The first-order valence-electron chi connectivity index (χ1n) is 6.42. The van der Waals surface area contributed by atoms with Crippen LogP contribution in [0.5, 0.6) is 0 Å². The molecule has 2 saturated heterocycles. The first kappa shape index (κ1) is 11.5. The van der Waals surface area contributed by atoms with Gasteiger partial charge in [-0.3, -0.25) is 0 Å². The summed E-state index contributed by atoms with van der Waals surface area (Å²) in [5.74, 6) is 1.27. The van der Waals surface area contributed by atoms with Crippen LogP contribution in [0.1, 0.15) is 0 Å². The van der Waals surface area contributed by atoms with Crippen molar-refractivity contribution < 1.29 is 0 Å². The Labute approximate surface area is 106 Å². The zero-order valence-corrected chi connectivity index (χ0v) is 10.3. The molecule has 2 aliphatic rings. The van der Waals surface area contributed by atoms with Crippen molar-refractivity contribution in [2.45, 2.75) is 0 Å². The molecule has 1 aromatic rings. The molecule has 0 saturated carbocycles. The van der Waals surface area contributed by atoms with Crippen LogP contribution < -0.4 is 20.4 Å². The highest BCUT2D eigenvalue weighted by molar-refractivity contribution is 5.32. The zero-order valence-electron chi connectivity index (χ0n) is 10.3. The summed E-state index contributed by atoms with van der Waals surface area (Å²) in [6.07, 6.45) is 0. The van der Waals surface area contributed by atoms with Crippen molar-refractivity contribution in [2.24, 2.45) is 0 Å². The summed E-state index contributed by atoms with van der Waals surface area (Å²) in [4.78, 5) is 4.22. The Kier molecular flexibility index (Phi) is 3.47. The van der Waals surface area contributed by atoms with E-state index in [-0.39, 0.29) is 0 Å². The lowest BCUT2D eigenvalue weighted by Crippen LogP contribution is -2.45. The number of hydrogen-bond donors (Lipinski definition) is 2. The minimum atomic E-state index is 0.635. The van der Waals surface area contributed by atoms with Crippen LogP contribution in [0.3, 0.4) is 0 Å². The Hall–Kier alpha value is -1.54. The van der Waals surface area contributed by atoms with Gasteiger partial charge in [0.25, 0.3) is 11.9 Å². The van der Waals surface area contributed by atoms with Gasteiger partial charge in [-0.15, -0.1) is 20.4 Å². The molecule has 98 valence electrons. The summed E-state index contributed by atoms with van der Waals surface area (Å²) >= 11 is 0. The summed E-state index contributed by atoms with van der Waals surface area (Å²) < 4.78 is 0. The van der Waals surface area contributed by atoms with E-state index in [1.165, 1.54) is 0 Å². The molecule has 8 heteroatoms. The molecule has 3 heterocycles. The molecular formula is C10H18N8. The van der Waals surface area contributed by atoms with Crippen LogP contribution in [0, 0.1) is 0 Å². The number of nitrogens with one attached hydrogen (secondary N) is 2. The van der Waals surface area contributed by atoms with Crippen molar-refractivity contribution in [1.29, 1.82) is 0 Å². The number of rotatable bonds is 2. The Balaban J connectivity index is 1.67. The van der Waals surface area contributed by atoms with Gasteiger partial charge in [0, 0.05) is 52.4 Å². The normalized spacial score (nSPS) is 21.1. The molecule has 0 aliphatic carbocycles. The average molecular weight is 250 g/mol. The SMILES string of the molecule is C1CN(c2nnc(N3CCNCC3)nn2)CCN1. The zero-order chi connectivity index (χ0) is 12.2. The first-order valence-corrected chi connectivity index (χ1v) is 6.42. The van der Waals surface area contributed by atoms with E-state index in [0.29, 0.717) is 11.9 Å². The average Bonchev–Trinajstić information content (AvgIpc) is 2.49. The fourth-order valence-electron chi connectivity index (χ4n) is 2.20. The molecule has 18 heavy (non-hydrogen) atoms. The second-order valence-corrected chi connectivity index (χ2v) is 4.47. The van der Waals surface area contributed by atoms with Gasteiger partial charge in [0.15, 0.2) is 0 Å². The largest absolute Gasteiger partial charge is 0.336 e. The molecule has 2 fully saturated rings. The summed E-state index contributed by atoms with van der Waals surface area (Å²) in [5.41, 5.74) is 0. The number of anilines is 2. The van der Waals surface area contributed by atoms with E-state index in [1.54, 1.807) is 0 Å². The number of hydrogen-bond acceptors (Lipinski definition) is 8. The third kappa shape index (κ3) is 2.49. The number of nitrogens with zero attached hydrogens (tertiary/aromatic N) is 6. The molecule has 0 amide bonds. The minimum Gasteiger partial charge on any atom is -0.336 e. The Morgan fingerprint density at radius 1 is 0.611 bits per heavy atom. The quantitative estimate of drug-likeness (QED) is 0.629. The number of aromatic nitrogens is 4. The maximum absolute atomic E-state index is 4.19. The Morgan fingerprint density at radius 3 is 1.28 bits per heavy atom. The Bertz CT molecular complexity index is 331. The molecule has 0 bridgehead atoms. The molecular weight excluding hydrogens is 232 g/mol. The van der Waals surface area contributed by atoms with Gasteiger partial charge in [0.05, 0.1) is 0 Å². The van der Waals surface area contributed by atoms with Gasteiger partial charge in [0.1, 0.15) is 0 Å². The van der Waals surface area contributed by atoms with Gasteiger partial charge >= 0.3 is 0 Å². The second-order valence-electron chi connectivity index (χ2n) is 4.47. The molecule has 0 aromatic carbocycles. The van der Waals surface area contributed by atoms with Gasteiger partial charge in [0.2, 0.25) is 0 Å². The van der Waals surface area contributed by atoms with Gasteiger partial charge in [-0.05, 0) is 0 Å². The molecule has 2 aliphatic heterocycles. The fourth-order valence-corrected chi connectivity index (χ4v) is 2.20. The van der Waals surface area contributed by atoms with Crippen LogP contribution >= 0.6 is 0 Å². The van der Waals surface area contributed by atoms with E-state index in [4.69, 9.17) is 0 Å². The summed E-state index contributed by atoms with van der Waals surface area (Å²) in [6, 6.07) is 0. The van der Waals surface area contributed by atoms with E-state index < -0.39 is 0 Å². The molecule has 0 atom stereocenters. The van der Waals surface area contributed by atoms with E-state index in [9.17, 15) is 0 Å². The first-order chi connectivity index (χ1) is 8.93. The van der Waals surface area contributed by atoms with Gasteiger partial charge in [-0.2, -0.15) is 0 Å². The summed E-state index contributed by atoms with van der Waals surface area (Å²) in [7, 11) is 0. The van der Waals surface area contributed by atoms with E-state index in [2.05, 4.69) is 40.8 Å². The highest BCUT2D eigenvalue weighted by Gasteiger charge is 2.17. The molecule has 8 nitrogen and oxygen atoms in total. The summed E-state index contributed by atoms with van der Waals surface area (Å²) in [5, 5.41) is 23.3. The lowest BCUT2D eigenvalue weighted by molar-refractivity contribution is 0.558. The Morgan fingerprint density at radius 2 is 0.944 bits per heavy atom. The highest BCUT2D eigenvalue weighted by atomic mass is 15.5. The van der Waals surface area contributed by atoms with Crippen molar-refractivity contribution in [3.8, 4) is 0 Å². The molecule has 2 N–H and O–H groups in total. The van der Waals surface area contributed by atoms with Crippen molar-refractivity contribution >= 4 is 11.9 Å². The minimum absolute atomic E-state index is 0.635. The van der Waals surface area contributed by atoms with Gasteiger partial charge in [-0.25, -0.2) is 0 Å². The molecule has 0 unspecified atom stereocenters. The lowest BCUT2D eigenvalue weighted by atomic mass is 10.4. The van der Waals surface area contributed by atoms with Crippen molar-refractivity contribution in [1.82, 2.24) is 31.0 Å². The maximum atomic E-state index is 4.19. The molecule has 3 rings (SSSR count). The predicted molar refractivity (Wildman–Crippen MR) is 67.8 cm³/mol. The molecule has 0 radical (unpaired) electrons. The van der Waals surface area contributed by atoms with Crippen molar-refractivity contribution in [3.05, 3.63) is 0 Å². The third-order valence-corrected chi connectivity index (χ3v) is 3.26. The molecule has 0 spiro atoms. The van der Waals surface area contributed by atoms with Crippen molar-refractivity contribution in [3.63, 3.8) is 0 Å². The van der Waals surface area contributed by atoms with Gasteiger partial charge in [-0.1, -0.05) is 0 Å². The second kappa shape index (κ2) is 5.40. The third-order valence-electron chi connectivity index (χ3n) is 3.26. The van der Waals surface area contributed by atoms with Crippen molar-refractivity contribution in [2.75, 3.05) is 62.2 Å². The van der Waals surface area contributed by atoms with Crippen LogP contribution in [-0.2, 0) is 0 Å². The highest BCUT2D eigenvalue weighted by Crippen LogP contribution is 2.09. The standard InChI is InChI=1S/C10H18N8/c1-5-17(6-2-11-1)9-13-15-10(16-14-9)18-7-3-12-4-8-18/h11-12H,1-8H2. The van der Waals surface area contributed by atoms with E-state index in [1.807, 2.05) is 0 Å². The smallest absolute Gasteiger partial charge is 0.264 e. The van der Waals surface area contributed by atoms with Gasteiger partial charge < -0.3 is 20.4 Å². The summed E-state index contributed by atoms with van der Waals surface area (Å²) in [6.45, 7) is 7.50. The topological polar surface area (TPSA) is 82.1 Å². The van der Waals surface area contributed by atoms with Crippen LogP contribution in [0.15, 0.2) is 0 Å². The molecule has 1 aromatic heterocycles. The van der Waals surface area contributed by atoms with E-state index >= 15 is 0 Å². The predicted octanol–water partition coefficient (Wildman–Crippen LogP) is -1.91. The van der Waals surface area contributed by atoms with E-state index in [0.717, 1.165) is 52.4 Å². The van der Waals surface area contributed by atoms with Crippen LogP contribution in [-0.4, -0.2) is 72.8 Å². The maximum Gasteiger partial charge on any atom is 0.264 e. The van der Waals surface area contributed by atoms with Crippen LogP contribution in [0.2, 0.25) is 0 Å². The lowest BCUT2D eigenvalue weighted by Gasteiger charge is -2.28. The van der Waals surface area contributed by atoms with Crippen LogP contribution in [0.25, 0.3) is 0 Å². The van der Waals surface area contributed by atoms with Crippen LogP contribution in [0.4, 0.5) is 11.9 Å². The fraction of sp³-hybridized carbons (Fsp3) is 0.800. The monoisotopic (exact) mass is 250 g/mol. The number of piperazine rings is 2.